The first kappa shape index (κ1) is 14.7. The molecule has 3 heteroatoms. The zero-order chi connectivity index (χ0) is 14.7. The summed E-state index contributed by atoms with van der Waals surface area (Å²) in [6, 6.07) is 13.3. The van der Waals surface area contributed by atoms with E-state index < -0.39 is 0 Å². The van der Waals surface area contributed by atoms with E-state index >= 15 is 0 Å². The largest absolute Gasteiger partial charge is 0.271 e. The average Bonchev–Trinajstić information content (AvgIpc) is 2.44. The summed E-state index contributed by atoms with van der Waals surface area (Å²) in [6.07, 6.45) is 0. The van der Waals surface area contributed by atoms with Crippen molar-refractivity contribution in [2.75, 3.05) is 0 Å². The topological polar surface area (TPSA) is 38.0 Å². The molecule has 20 heavy (non-hydrogen) atoms. The number of hydrogen-bond donors (Lipinski definition) is 2. The Kier molecular flexibility index (Phi) is 4.53. The molecule has 0 aliphatic heterocycles. The highest BCUT2D eigenvalue weighted by Crippen LogP contribution is 2.25. The van der Waals surface area contributed by atoms with Crippen LogP contribution in [0.25, 0.3) is 0 Å². The maximum Gasteiger partial charge on any atom is 0.126 e. The third kappa shape index (κ3) is 3.06. The minimum absolute atomic E-state index is 0.129. The standard InChI is InChI=1S/C17H21FN2/c1-11(2)13-4-6-14(7-5-13)17(20-19)15-8-9-16(18)12(3)10-15/h4-11,17,20H,19H2,1-3H3. The quantitative estimate of drug-likeness (QED) is 0.656. The molecular formula is C17H21FN2. The van der Waals surface area contributed by atoms with Crippen LogP contribution in [0.4, 0.5) is 4.39 Å². The summed E-state index contributed by atoms with van der Waals surface area (Å²) in [5, 5.41) is 0. The highest BCUT2D eigenvalue weighted by atomic mass is 19.1. The molecule has 0 radical (unpaired) electrons. The minimum Gasteiger partial charge on any atom is -0.271 e. The second kappa shape index (κ2) is 6.16. The Morgan fingerprint density at radius 3 is 2.00 bits per heavy atom. The summed E-state index contributed by atoms with van der Waals surface area (Å²) in [5.74, 6) is 5.99. The molecule has 1 unspecified atom stereocenters. The number of aryl methyl sites for hydroxylation is 1. The normalized spacial score (nSPS) is 12.7. The Bertz CT molecular complexity index is 576. The molecule has 0 aliphatic carbocycles. The van der Waals surface area contributed by atoms with Gasteiger partial charge in [-0.1, -0.05) is 50.2 Å². The molecule has 2 rings (SSSR count). The van der Waals surface area contributed by atoms with Gasteiger partial charge in [0.05, 0.1) is 6.04 Å². The summed E-state index contributed by atoms with van der Waals surface area (Å²) in [4.78, 5) is 0. The monoisotopic (exact) mass is 272 g/mol. The van der Waals surface area contributed by atoms with Gasteiger partial charge in [0.1, 0.15) is 5.82 Å². The maximum atomic E-state index is 13.4. The highest BCUT2D eigenvalue weighted by Gasteiger charge is 2.13. The number of rotatable bonds is 4. The van der Waals surface area contributed by atoms with Crippen LogP contribution in [0.3, 0.4) is 0 Å². The van der Waals surface area contributed by atoms with Crippen LogP contribution in [0.5, 0.6) is 0 Å². The van der Waals surface area contributed by atoms with Gasteiger partial charge in [-0.25, -0.2) is 9.82 Å². The van der Waals surface area contributed by atoms with Crippen molar-refractivity contribution in [2.45, 2.75) is 32.7 Å². The first-order valence-electron chi connectivity index (χ1n) is 6.85. The fourth-order valence-corrected chi connectivity index (χ4v) is 2.31. The Morgan fingerprint density at radius 1 is 0.950 bits per heavy atom. The molecule has 1 atom stereocenters. The molecule has 0 aliphatic rings. The second-order valence-corrected chi connectivity index (χ2v) is 5.43. The minimum atomic E-state index is -0.195. The highest BCUT2D eigenvalue weighted by molar-refractivity contribution is 5.36. The number of hydrazine groups is 1. The van der Waals surface area contributed by atoms with Crippen molar-refractivity contribution in [3.05, 3.63) is 70.5 Å². The van der Waals surface area contributed by atoms with Crippen LogP contribution >= 0.6 is 0 Å². The molecule has 0 saturated carbocycles. The zero-order valence-corrected chi connectivity index (χ0v) is 12.2. The van der Waals surface area contributed by atoms with Crippen LogP contribution in [0, 0.1) is 12.7 Å². The van der Waals surface area contributed by atoms with Crippen molar-refractivity contribution in [1.82, 2.24) is 5.43 Å². The molecule has 0 amide bonds. The zero-order valence-electron chi connectivity index (χ0n) is 12.2. The fraction of sp³-hybridized carbons (Fsp3) is 0.294. The SMILES string of the molecule is Cc1cc(C(NN)c2ccc(C(C)C)cc2)ccc1F. The molecule has 2 aromatic rings. The van der Waals surface area contributed by atoms with E-state index in [0.717, 1.165) is 11.1 Å². The van der Waals surface area contributed by atoms with Gasteiger partial charge in [-0.3, -0.25) is 5.84 Å². The summed E-state index contributed by atoms with van der Waals surface area (Å²) < 4.78 is 13.4. The lowest BCUT2D eigenvalue weighted by Gasteiger charge is -2.18. The van der Waals surface area contributed by atoms with Crippen molar-refractivity contribution >= 4 is 0 Å². The van der Waals surface area contributed by atoms with Crippen molar-refractivity contribution in [1.29, 1.82) is 0 Å². The van der Waals surface area contributed by atoms with E-state index in [4.69, 9.17) is 5.84 Å². The predicted octanol–water partition coefficient (Wildman–Crippen LogP) is 3.81. The van der Waals surface area contributed by atoms with Crippen LogP contribution in [0.1, 0.15) is 48.1 Å². The van der Waals surface area contributed by atoms with E-state index in [0.29, 0.717) is 11.5 Å². The molecule has 0 aromatic heterocycles. The number of halogens is 1. The fourth-order valence-electron chi connectivity index (χ4n) is 2.31. The van der Waals surface area contributed by atoms with Gasteiger partial charge in [-0.2, -0.15) is 0 Å². The van der Waals surface area contributed by atoms with Crippen molar-refractivity contribution in [3.63, 3.8) is 0 Å². The molecule has 3 N–H and O–H groups in total. The summed E-state index contributed by atoms with van der Waals surface area (Å²) in [7, 11) is 0. The summed E-state index contributed by atoms with van der Waals surface area (Å²) in [6.45, 7) is 6.09. The number of nitrogens with two attached hydrogens (primary N) is 1. The average molecular weight is 272 g/mol. The Balaban J connectivity index is 2.33. The summed E-state index contributed by atoms with van der Waals surface area (Å²) in [5.41, 5.74) is 6.76. The van der Waals surface area contributed by atoms with Crippen LogP contribution in [-0.4, -0.2) is 0 Å². The van der Waals surface area contributed by atoms with Gasteiger partial charge in [0.2, 0.25) is 0 Å². The molecule has 0 bridgehead atoms. The van der Waals surface area contributed by atoms with Crippen LogP contribution in [0.15, 0.2) is 42.5 Å². The molecule has 2 aromatic carbocycles. The van der Waals surface area contributed by atoms with E-state index in [-0.39, 0.29) is 11.9 Å². The van der Waals surface area contributed by atoms with Crippen molar-refractivity contribution < 1.29 is 4.39 Å². The predicted molar refractivity (Wildman–Crippen MR) is 80.8 cm³/mol. The molecule has 0 saturated heterocycles. The van der Waals surface area contributed by atoms with E-state index in [1.54, 1.807) is 13.0 Å². The van der Waals surface area contributed by atoms with Gasteiger partial charge in [0.15, 0.2) is 0 Å². The lowest BCUT2D eigenvalue weighted by molar-refractivity contribution is 0.607. The van der Waals surface area contributed by atoms with Crippen molar-refractivity contribution in [2.24, 2.45) is 5.84 Å². The van der Waals surface area contributed by atoms with Gasteiger partial charge < -0.3 is 0 Å². The van der Waals surface area contributed by atoms with E-state index in [1.165, 1.54) is 11.6 Å². The van der Waals surface area contributed by atoms with Crippen LogP contribution < -0.4 is 11.3 Å². The van der Waals surface area contributed by atoms with Gasteiger partial charge in [-0.05, 0) is 41.2 Å². The lowest BCUT2D eigenvalue weighted by atomic mass is 9.95. The van der Waals surface area contributed by atoms with Gasteiger partial charge >= 0.3 is 0 Å². The number of hydrogen-bond acceptors (Lipinski definition) is 2. The van der Waals surface area contributed by atoms with Crippen LogP contribution in [0.2, 0.25) is 0 Å². The third-order valence-electron chi connectivity index (χ3n) is 3.62. The number of nitrogens with one attached hydrogen (secondary N) is 1. The van der Waals surface area contributed by atoms with Crippen molar-refractivity contribution in [3.8, 4) is 0 Å². The Hall–Kier alpha value is -1.71. The van der Waals surface area contributed by atoms with Crippen LogP contribution in [-0.2, 0) is 0 Å². The molecule has 0 heterocycles. The lowest BCUT2D eigenvalue weighted by Crippen LogP contribution is -2.28. The van der Waals surface area contributed by atoms with Gasteiger partial charge in [0, 0.05) is 0 Å². The summed E-state index contributed by atoms with van der Waals surface area (Å²) >= 11 is 0. The number of benzene rings is 2. The Morgan fingerprint density at radius 2 is 1.50 bits per heavy atom. The maximum absolute atomic E-state index is 13.4. The van der Waals surface area contributed by atoms with Gasteiger partial charge in [0.25, 0.3) is 0 Å². The molecule has 0 spiro atoms. The smallest absolute Gasteiger partial charge is 0.126 e. The molecular weight excluding hydrogens is 251 g/mol. The first-order chi connectivity index (χ1) is 9.52. The Labute approximate surface area is 119 Å². The first-order valence-corrected chi connectivity index (χ1v) is 6.85. The van der Waals surface area contributed by atoms with E-state index in [9.17, 15) is 4.39 Å². The third-order valence-corrected chi connectivity index (χ3v) is 3.62. The van der Waals surface area contributed by atoms with E-state index in [2.05, 4.69) is 43.5 Å². The van der Waals surface area contributed by atoms with E-state index in [1.807, 2.05) is 6.07 Å². The molecule has 2 nitrogen and oxygen atoms in total. The molecule has 0 fully saturated rings. The second-order valence-electron chi connectivity index (χ2n) is 5.43. The molecule has 106 valence electrons. The van der Waals surface area contributed by atoms with Gasteiger partial charge in [-0.15, -0.1) is 0 Å².